The first-order valence-electron chi connectivity index (χ1n) is 24.7. The van der Waals surface area contributed by atoms with Crippen molar-refractivity contribution in [3.8, 4) is 22.8 Å². The molecule has 0 spiro atoms. The van der Waals surface area contributed by atoms with E-state index in [4.69, 9.17) is 31.8 Å². The molecule has 6 aromatic heterocycles. The van der Waals surface area contributed by atoms with Gasteiger partial charge in [0, 0.05) is 45.2 Å². The maximum absolute atomic E-state index is 13.9. The number of carbonyl (C=O) groups excluding carboxylic acids is 1. The Kier molecular flexibility index (Phi) is 13.2. The number of fused-ring (bicyclic) bond motifs is 2. The minimum atomic E-state index is -0.721. The smallest absolute Gasteiger partial charge is 0.306 e. The molecular weight excluding hydrogens is 938 g/mol. The highest BCUT2D eigenvalue weighted by atomic mass is 35.5. The van der Waals surface area contributed by atoms with Crippen LogP contribution in [-0.2, 0) is 9.59 Å². The number of aromatic nitrogens is 8. The van der Waals surface area contributed by atoms with E-state index in [2.05, 4.69) is 29.6 Å². The lowest BCUT2D eigenvalue weighted by Crippen LogP contribution is -2.36. The molecule has 4 saturated heterocycles. The lowest BCUT2D eigenvalue weighted by molar-refractivity contribution is -0.142. The quantitative estimate of drug-likeness (QED) is 0.130. The van der Waals surface area contributed by atoms with E-state index >= 15 is 0 Å². The molecule has 368 valence electrons. The third-order valence-electron chi connectivity index (χ3n) is 14.6. The van der Waals surface area contributed by atoms with Crippen LogP contribution in [0.2, 0.25) is 0 Å². The number of nitrogens with zero attached hydrogens (tertiary/aromatic N) is 12. The highest BCUT2D eigenvalue weighted by molar-refractivity contribution is 6.64. The summed E-state index contributed by atoms with van der Waals surface area (Å²) in [5.41, 5.74) is 6.53. The number of hydrogen-bond acceptors (Lipinski definition) is 12. The first kappa shape index (κ1) is 46.8. The third-order valence-corrected chi connectivity index (χ3v) is 14.9. The second-order valence-corrected chi connectivity index (χ2v) is 19.3. The van der Waals surface area contributed by atoms with Gasteiger partial charge in [0.2, 0.25) is 5.24 Å². The van der Waals surface area contributed by atoms with Crippen molar-refractivity contribution in [2.24, 2.45) is 11.8 Å². The summed E-state index contributed by atoms with van der Waals surface area (Å²) in [5, 5.41) is 18.9. The second kappa shape index (κ2) is 20.3. The lowest BCUT2D eigenvalue weighted by atomic mass is 9.97. The molecule has 4 aliphatic heterocycles. The zero-order chi connectivity index (χ0) is 49.3. The van der Waals surface area contributed by atoms with Crippen LogP contribution in [0.3, 0.4) is 0 Å². The number of halogens is 3. The molecule has 0 saturated carbocycles. The number of pyridine rings is 2. The highest BCUT2D eigenvalue weighted by Crippen LogP contribution is 2.38. The van der Waals surface area contributed by atoms with Crippen LogP contribution in [0.5, 0.6) is 0 Å². The predicted molar refractivity (Wildman–Crippen MR) is 272 cm³/mol. The molecule has 0 radical (unpaired) electrons. The highest BCUT2D eigenvalue weighted by Gasteiger charge is 2.31. The van der Waals surface area contributed by atoms with E-state index in [0.29, 0.717) is 25.9 Å². The minimum Gasteiger partial charge on any atom is -0.481 e. The number of carbonyl (C=O) groups is 2. The molecule has 0 aliphatic carbocycles. The van der Waals surface area contributed by atoms with Gasteiger partial charge in [0.1, 0.15) is 46.3 Å². The monoisotopic (exact) mass is 990 g/mol. The standard InChI is InChI=1S/C27H26ClFN6O.C27H27FN6O2/c28-27(36)18-11-14-33(15-12-18)25-8-2-6-21(31-25)23-17-30-24-9-10-26(32-35(23)24)34-13-3-7-22(34)19-4-1-5-20(29)16-19;28-20-5-1-4-19(16-20)22-7-3-13-33(22)26-10-9-24-29-17-23(34(24)31-26)21-6-2-8-25(30-21)32-14-11-18(12-15-32)27(35)36/h1-2,4-6,8-10,16-18,22H,3,7,11-15H2;1-2,4-6,8-10,16-18,22H,3,7,11-15H2,(H,35,36)/t2*22-/m11/s1. The molecule has 0 amide bonds. The number of imidazole rings is 2. The van der Waals surface area contributed by atoms with Crippen molar-refractivity contribution in [2.45, 2.75) is 63.5 Å². The molecule has 0 bridgehead atoms. The van der Waals surface area contributed by atoms with Crippen molar-refractivity contribution in [1.29, 1.82) is 0 Å². The third kappa shape index (κ3) is 9.64. The summed E-state index contributed by atoms with van der Waals surface area (Å²) in [5.74, 6) is 1.82. The molecule has 18 heteroatoms. The number of benzene rings is 2. The molecule has 10 heterocycles. The molecule has 72 heavy (non-hydrogen) atoms. The number of anilines is 4. The van der Waals surface area contributed by atoms with Crippen LogP contribution in [0.25, 0.3) is 34.1 Å². The Hall–Kier alpha value is -7.53. The molecule has 4 fully saturated rings. The van der Waals surface area contributed by atoms with Crippen molar-refractivity contribution in [2.75, 3.05) is 58.9 Å². The predicted octanol–water partition coefficient (Wildman–Crippen LogP) is 9.83. The summed E-state index contributed by atoms with van der Waals surface area (Å²) >= 11 is 5.70. The molecule has 0 unspecified atom stereocenters. The van der Waals surface area contributed by atoms with E-state index in [-0.39, 0.29) is 40.8 Å². The molecule has 2 atom stereocenters. The van der Waals surface area contributed by atoms with Crippen LogP contribution in [-0.4, -0.2) is 94.8 Å². The van der Waals surface area contributed by atoms with Gasteiger partial charge < -0.3 is 24.7 Å². The number of carboxylic acids is 1. The van der Waals surface area contributed by atoms with E-state index in [1.165, 1.54) is 12.1 Å². The molecule has 1 N–H and O–H groups in total. The summed E-state index contributed by atoms with van der Waals surface area (Å²) in [6, 6.07) is 33.5. The van der Waals surface area contributed by atoms with E-state index < -0.39 is 5.97 Å². The number of hydrogen-bond donors (Lipinski definition) is 1. The SMILES string of the molecule is O=C(Cl)C1CCN(c2cccc(-c3cnc4ccc(N5CCC[C@@H]5c5cccc(F)c5)nn34)n2)CC1.O=C(O)C1CCN(c2cccc(-c3cnc4ccc(N5CCC[C@@H]5c5cccc(F)c5)nn34)n2)CC1. The fourth-order valence-electron chi connectivity index (χ4n) is 10.8. The van der Waals surface area contributed by atoms with Crippen molar-refractivity contribution in [3.05, 3.63) is 144 Å². The first-order valence-corrected chi connectivity index (χ1v) is 25.1. The second-order valence-electron chi connectivity index (χ2n) is 18.9. The Labute approximate surface area is 419 Å². The summed E-state index contributed by atoms with van der Waals surface area (Å²) in [4.78, 5) is 50.5. The Morgan fingerprint density at radius 2 is 0.972 bits per heavy atom. The Bertz CT molecular complexity index is 3050. The summed E-state index contributed by atoms with van der Waals surface area (Å²) in [6.45, 7) is 4.53. The molecule has 4 aliphatic rings. The van der Waals surface area contributed by atoms with Gasteiger partial charge in [0.15, 0.2) is 11.3 Å². The maximum atomic E-state index is 13.9. The van der Waals surface area contributed by atoms with Gasteiger partial charge in [-0.1, -0.05) is 36.4 Å². The van der Waals surface area contributed by atoms with Crippen molar-refractivity contribution in [1.82, 2.24) is 39.2 Å². The fourth-order valence-corrected chi connectivity index (χ4v) is 11.0. The Balaban J connectivity index is 0.000000156. The summed E-state index contributed by atoms with van der Waals surface area (Å²) in [6.07, 6.45) is 10.2. The van der Waals surface area contributed by atoms with Gasteiger partial charge in [0.25, 0.3) is 0 Å². The molecule has 8 aromatic rings. The largest absolute Gasteiger partial charge is 0.481 e. The lowest BCUT2D eigenvalue weighted by Gasteiger charge is -2.31. The van der Waals surface area contributed by atoms with Gasteiger partial charge in [0.05, 0.1) is 41.8 Å². The zero-order valence-electron chi connectivity index (χ0n) is 39.5. The zero-order valence-corrected chi connectivity index (χ0v) is 40.3. The number of carboxylic acid groups (broad SMARTS) is 1. The molecule has 2 aromatic carbocycles. The molecular formula is C54H53ClF2N12O3. The van der Waals surface area contributed by atoms with Crippen LogP contribution < -0.4 is 19.6 Å². The van der Waals surface area contributed by atoms with Gasteiger partial charge in [-0.05, 0) is 147 Å². The van der Waals surface area contributed by atoms with E-state index in [1.807, 2.05) is 81.8 Å². The van der Waals surface area contributed by atoms with Gasteiger partial charge in [-0.3, -0.25) is 9.59 Å². The van der Waals surface area contributed by atoms with Gasteiger partial charge in [-0.15, -0.1) is 10.2 Å². The van der Waals surface area contributed by atoms with Crippen LogP contribution >= 0.6 is 11.6 Å². The van der Waals surface area contributed by atoms with Crippen molar-refractivity contribution >= 4 is 57.4 Å². The van der Waals surface area contributed by atoms with E-state index in [0.717, 1.165) is 133 Å². The van der Waals surface area contributed by atoms with Crippen molar-refractivity contribution < 1.29 is 23.5 Å². The normalized spacial score (nSPS) is 18.8. The molecule has 15 nitrogen and oxygen atoms in total. The van der Waals surface area contributed by atoms with Gasteiger partial charge in [-0.25, -0.2) is 37.7 Å². The number of rotatable bonds is 10. The fraction of sp³-hybridized carbons (Fsp3) is 0.333. The topological polar surface area (TPSA) is 153 Å². The average Bonchev–Trinajstić information content (AvgIpc) is 4.26. The van der Waals surface area contributed by atoms with Crippen LogP contribution in [0.4, 0.5) is 32.1 Å². The summed E-state index contributed by atoms with van der Waals surface area (Å²) in [7, 11) is 0. The van der Waals surface area contributed by atoms with Crippen LogP contribution in [0, 0.1) is 23.5 Å². The van der Waals surface area contributed by atoms with E-state index in [1.54, 1.807) is 36.7 Å². The van der Waals surface area contributed by atoms with Gasteiger partial charge in [-0.2, -0.15) is 0 Å². The first-order chi connectivity index (χ1) is 35.1. The Morgan fingerprint density at radius 1 is 0.528 bits per heavy atom. The van der Waals surface area contributed by atoms with Gasteiger partial charge >= 0.3 is 5.97 Å². The maximum Gasteiger partial charge on any atom is 0.306 e. The van der Waals surface area contributed by atoms with E-state index in [9.17, 15) is 23.5 Å². The molecule has 12 rings (SSSR count). The van der Waals surface area contributed by atoms with Crippen LogP contribution in [0.1, 0.15) is 74.6 Å². The average molecular weight is 992 g/mol. The van der Waals surface area contributed by atoms with Crippen molar-refractivity contribution in [3.63, 3.8) is 0 Å². The van der Waals surface area contributed by atoms with Crippen LogP contribution in [0.15, 0.2) is 122 Å². The summed E-state index contributed by atoms with van der Waals surface area (Å²) < 4.78 is 31.4. The minimum absolute atomic E-state index is 0.0747. The number of aliphatic carboxylic acids is 1. The number of piperidine rings is 2. The Morgan fingerprint density at radius 3 is 1.40 bits per heavy atom.